The van der Waals surface area contributed by atoms with Crippen molar-refractivity contribution in [3.05, 3.63) is 12.2 Å². The zero-order chi connectivity index (χ0) is 28.3. The molecule has 39 heavy (non-hydrogen) atoms. The van der Waals surface area contributed by atoms with Crippen LogP contribution in [0.4, 0.5) is 0 Å². The molecule has 6 unspecified atom stereocenters. The highest BCUT2D eigenvalue weighted by atomic mass is 16.5. The van der Waals surface area contributed by atoms with E-state index < -0.39 is 0 Å². The topological polar surface area (TPSA) is 55.4 Å². The van der Waals surface area contributed by atoms with Crippen LogP contribution in [0, 0.1) is 63.6 Å². The molecule has 0 heterocycles. The Kier molecular flexibility index (Phi) is 7.86. The molecule has 4 nitrogen and oxygen atoms in total. The molecule has 1 N–H and O–H groups in total. The van der Waals surface area contributed by atoms with Crippen LogP contribution < -0.4 is 5.32 Å². The van der Waals surface area contributed by atoms with E-state index in [-0.39, 0.29) is 17.5 Å². The number of ether oxygens (including phenoxy) is 1. The van der Waals surface area contributed by atoms with Crippen LogP contribution in [0.5, 0.6) is 0 Å². The number of rotatable bonds is 6. The normalized spacial score (nSPS) is 46.9. The molecule has 5 aliphatic carbocycles. The van der Waals surface area contributed by atoms with Crippen LogP contribution in [0.1, 0.15) is 119 Å². The Morgan fingerprint density at radius 2 is 1.56 bits per heavy atom. The third-order valence-electron chi connectivity index (χ3n) is 13.5. The van der Waals surface area contributed by atoms with Gasteiger partial charge in [-0.2, -0.15) is 0 Å². The zero-order valence-electron chi connectivity index (χ0n) is 26.1. The minimum absolute atomic E-state index is 0.0839. The number of carbonyl (C=O) groups excluding carboxylic acids is 2. The Morgan fingerprint density at radius 1 is 0.923 bits per heavy atom. The molecule has 220 valence electrons. The summed E-state index contributed by atoms with van der Waals surface area (Å²) in [5.41, 5.74) is 1.77. The molecular weight excluding hydrogens is 482 g/mol. The predicted molar refractivity (Wildman–Crippen MR) is 158 cm³/mol. The van der Waals surface area contributed by atoms with Crippen LogP contribution >= 0.6 is 0 Å². The van der Waals surface area contributed by atoms with Crippen molar-refractivity contribution in [2.75, 3.05) is 6.54 Å². The summed E-state index contributed by atoms with van der Waals surface area (Å²) in [6.07, 6.45) is 12.9. The Labute approximate surface area is 238 Å². The molecule has 11 atom stereocenters. The number of hydrogen-bond acceptors (Lipinski definition) is 3. The Bertz CT molecular complexity index is 973. The van der Waals surface area contributed by atoms with E-state index >= 15 is 0 Å². The van der Waals surface area contributed by atoms with Crippen LogP contribution in [0.15, 0.2) is 12.2 Å². The molecule has 0 spiro atoms. The van der Waals surface area contributed by atoms with E-state index in [0.717, 1.165) is 44.6 Å². The van der Waals surface area contributed by atoms with Crippen LogP contribution in [0.25, 0.3) is 0 Å². The molecule has 0 bridgehead atoms. The van der Waals surface area contributed by atoms with Gasteiger partial charge in [0.05, 0.1) is 5.41 Å². The van der Waals surface area contributed by atoms with E-state index in [0.29, 0.717) is 58.2 Å². The summed E-state index contributed by atoms with van der Waals surface area (Å²) in [7, 11) is 0. The second-order valence-corrected chi connectivity index (χ2v) is 15.8. The standard InChI is InChI=1S/C35H57NO3/c1-21(2)15-20-36-32(38)35-18-11-25(22(3)4)31(35)26-9-10-30-33(7)17-14-29(39-24(6)37)23(5)27(33)12-16-34(30,8)28(26)13-19-35/h21,23,25-31H,3,9-20H2,1-2,4-8H3,(H,36,38)/t23-,25?,26?,27?,28?,29+,30?,31?,33+,34+,35+/m1/s1. The average molecular weight is 540 g/mol. The highest BCUT2D eigenvalue weighted by molar-refractivity contribution is 5.83. The molecule has 1 amide bonds. The van der Waals surface area contributed by atoms with Crippen LogP contribution in [-0.2, 0) is 14.3 Å². The molecule has 5 saturated carbocycles. The first kappa shape index (κ1) is 29.2. The van der Waals surface area contributed by atoms with E-state index in [1.54, 1.807) is 6.92 Å². The quantitative estimate of drug-likeness (QED) is 0.275. The van der Waals surface area contributed by atoms with Gasteiger partial charge in [-0.25, -0.2) is 0 Å². The van der Waals surface area contributed by atoms with Gasteiger partial charge >= 0.3 is 5.97 Å². The van der Waals surface area contributed by atoms with Crippen LogP contribution in [-0.4, -0.2) is 24.5 Å². The molecule has 0 aromatic rings. The molecule has 0 aliphatic heterocycles. The van der Waals surface area contributed by atoms with E-state index in [4.69, 9.17) is 4.74 Å². The molecule has 0 aromatic carbocycles. The van der Waals surface area contributed by atoms with E-state index in [2.05, 4.69) is 53.4 Å². The van der Waals surface area contributed by atoms with Gasteiger partial charge in [-0.3, -0.25) is 9.59 Å². The summed E-state index contributed by atoms with van der Waals surface area (Å²) < 4.78 is 5.82. The number of carbonyl (C=O) groups is 2. The van der Waals surface area contributed by atoms with E-state index in [1.165, 1.54) is 44.1 Å². The van der Waals surface area contributed by atoms with Gasteiger partial charge in [0.15, 0.2) is 0 Å². The van der Waals surface area contributed by atoms with Gasteiger partial charge in [0, 0.05) is 13.5 Å². The molecule has 5 rings (SSSR count). The Balaban J connectivity index is 1.41. The fourth-order valence-electron chi connectivity index (χ4n) is 11.8. The van der Waals surface area contributed by atoms with E-state index in [9.17, 15) is 9.59 Å². The molecule has 0 radical (unpaired) electrons. The summed E-state index contributed by atoms with van der Waals surface area (Å²) in [4.78, 5) is 25.8. The summed E-state index contributed by atoms with van der Waals surface area (Å²) in [6, 6.07) is 0. The van der Waals surface area contributed by atoms with Gasteiger partial charge in [0.25, 0.3) is 0 Å². The fourth-order valence-corrected chi connectivity index (χ4v) is 11.8. The maximum atomic E-state index is 14.0. The second-order valence-electron chi connectivity index (χ2n) is 15.8. The van der Waals surface area contributed by atoms with E-state index in [1.807, 2.05) is 0 Å². The van der Waals surface area contributed by atoms with Crippen LogP contribution in [0.3, 0.4) is 0 Å². The van der Waals surface area contributed by atoms with Gasteiger partial charge in [-0.1, -0.05) is 46.8 Å². The van der Waals surface area contributed by atoms with Crippen molar-refractivity contribution in [2.24, 2.45) is 63.6 Å². The summed E-state index contributed by atoms with van der Waals surface area (Å²) in [5, 5.41) is 3.43. The maximum Gasteiger partial charge on any atom is 0.302 e. The van der Waals surface area contributed by atoms with Gasteiger partial charge in [-0.05, 0) is 136 Å². The summed E-state index contributed by atoms with van der Waals surface area (Å²) in [5.74, 6) is 4.92. The Morgan fingerprint density at radius 3 is 2.23 bits per heavy atom. The fraction of sp³-hybridized carbons (Fsp3) is 0.886. The first-order chi connectivity index (χ1) is 18.3. The highest BCUT2D eigenvalue weighted by Gasteiger charge is 2.67. The monoisotopic (exact) mass is 539 g/mol. The SMILES string of the molecule is C=C(C)C1CC[C@]2(C(=O)NCCC(C)C)CCC3C(CCC4[C@@]3(C)CCC3[C@@H](C)[C@@H](OC(C)=O)CC[C@@]34C)C12. The van der Waals surface area contributed by atoms with Crippen molar-refractivity contribution in [2.45, 2.75) is 125 Å². The number of amides is 1. The largest absolute Gasteiger partial charge is 0.462 e. The lowest BCUT2D eigenvalue weighted by Crippen LogP contribution is -2.62. The van der Waals surface area contributed by atoms with Crippen molar-refractivity contribution in [3.8, 4) is 0 Å². The predicted octanol–water partition coefficient (Wildman–Crippen LogP) is 7.96. The van der Waals surface area contributed by atoms with Crippen molar-refractivity contribution < 1.29 is 14.3 Å². The maximum absolute atomic E-state index is 14.0. The van der Waals surface area contributed by atoms with Crippen molar-refractivity contribution in [3.63, 3.8) is 0 Å². The van der Waals surface area contributed by atoms with Crippen molar-refractivity contribution >= 4 is 11.9 Å². The number of nitrogens with one attached hydrogen (secondary N) is 1. The smallest absolute Gasteiger partial charge is 0.302 e. The van der Waals surface area contributed by atoms with Gasteiger partial charge in [-0.15, -0.1) is 0 Å². The molecule has 0 aromatic heterocycles. The number of hydrogen-bond donors (Lipinski definition) is 1. The van der Waals surface area contributed by atoms with Gasteiger partial charge in [0.2, 0.25) is 5.91 Å². The lowest BCUT2D eigenvalue weighted by atomic mass is 9.37. The van der Waals surface area contributed by atoms with Crippen molar-refractivity contribution in [1.29, 1.82) is 0 Å². The zero-order valence-corrected chi connectivity index (χ0v) is 26.1. The summed E-state index contributed by atoms with van der Waals surface area (Å²) >= 11 is 0. The minimum Gasteiger partial charge on any atom is -0.462 e. The molecule has 5 fully saturated rings. The number of esters is 1. The lowest BCUT2D eigenvalue weighted by molar-refractivity contribution is -0.203. The van der Waals surface area contributed by atoms with Crippen molar-refractivity contribution in [1.82, 2.24) is 5.32 Å². The second kappa shape index (κ2) is 10.5. The molecule has 0 saturated heterocycles. The first-order valence-electron chi connectivity index (χ1n) is 16.5. The van der Waals surface area contributed by atoms with Gasteiger partial charge < -0.3 is 10.1 Å². The number of allylic oxidation sites excluding steroid dienone is 1. The first-order valence-corrected chi connectivity index (χ1v) is 16.5. The summed E-state index contributed by atoms with van der Waals surface area (Å²) in [6.45, 7) is 21.2. The third-order valence-corrected chi connectivity index (χ3v) is 13.5. The lowest BCUT2D eigenvalue weighted by Gasteiger charge is -2.68. The molecule has 4 heteroatoms. The average Bonchev–Trinajstić information content (AvgIpc) is 3.27. The molecule has 5 aliphatic rings. The highest BCUT2D eigenvalue weighted by Crippen LogP contribution is 2.72. The van der Waals surface area contributed by atoms with Crippen LogP contribution in [0.2, 0.25) is 0 Å². The molecular formula is C35H57NO3. The number of fused-ring (bicyclic) bond motifs is 7. The Hall–Kier alpha value is -1.32. The third kappa shape index (κ3) is 4.62. The van der Waals surface area contributed by atoms with Gasteiger partial charge in [0.1, 0.15) is 6.10 Å². The minimum atomic E-state index is -0.192.